The van der Waals surface area contributed by atoms with Crippen molar-refractivity contribution in [2.75, 3.05) is 19.6 Å². The number of hydrogen-bond acceptors (Lipinski definition) is 2. The Morgan fingerprint density at radius 2 is 2.10 bits per heavy atom. The standard InChI is InChI=1S/C17H24Cl2N2/c1-12(15-10-14(18)6-7-16(15)19)21-9-3-4-13(11-21)17-5-2-8-20-17/h6-7,10,12-13,17,20H,2-5,8-9,11H2,1H3. The van der Waals surface area contributed by atoms with Crippen LogP contribution in [0, 0.1) is 5.92 Å². The smallest absolute Gasteiger partial charge is 0.0454 e. The van der Waals surface area contributed by atoms with Crippen LogP contribution in [0.4, 0.5) is 0 Å². The van der Waals surface area contributed by atoms with Crippen LogP contribution < -0.4 is 5.32 Å². The van der Waals surface area contributed by atoms with Crippen molar-refractivity contribution >= 4 is 23.2 Å². The SMILES string of the molecule is CC(c1cc(Cl)ccc1Cl)N1CCCC(C2CCCN2)C1. The summed E-state index contributed by atoms with van der Waals surface area (Å²) < 4.78 is 0. The molecule has 3 atom stereocenters. The Hall–Kier alpha value is -0.280. The van der Waals surface area contributed by atoms with Crippen molar-refractivity contribution in [3.8, 4) is 0 Å². The summed E-state index contributed by atoms with van der Waals surface area (Å²) in [5, 5.41) is 5.27. The second-order valence-electron chi connectivity index (χ2n) is 6.44. The van der Waals surface area contributed by atoms with Gasteiger partial charge in [0.15, 0.2) is 0 Å². The summed E-state index contributed by atoms with van der Waals surface area (Å²) in [4.78, 5) is 2.58. The van der Waals surface area contributed by atoms with Gasteiger partial charge in [-0.05, 0) is 75.4 Å². The van der Waals surface area contributed by atoms with Crippen LogP contribution in [0.5, 0.6) is 0 Å². The molecular formula is C17H24Cl2N2. The molecule has 4 heteroatoms. The maximum atomic E-state index is 6.38. The lowest BCUT2D eigenvalue weighted by atomic mass is 9.88. The van der Waals surface area contributed by atoms with Crippen LogP contribution in [-0.4, -0.2) is 30.6 Å². The molecule has 2 fully saturated rings. The quantitative estimate of drug-likeness (QED) is 0.878. The predicted octanol–water partition coefficient (Wildman–Crippen LogP) is 4.52. The molecule has 0 bridgehead atoms. The lowest BCUT2D eigenvalue weighted by molar-refractivity contribution is 0.115. The number of nitrogens with zero attached hydrogens (tertiary/aromatic N) is 1. The zero-order valence-corrected chi connectivity index (χ0v) is 14.1. The van der Waals surface area contributed by atoms with E-state index in [0.717, 1.165) is 34.1 Å². The first-order valence-corrected chi connectivity index (χ1v) is 8.83. The van der Waals surface area contributed by atoms with Gasteiger partial charge in [0.1, 0.15) is 0 Å². The van der Waals surface area contributed by atoms with E-state index in [1.807, 2.05) is 18.2 Å². The molecule has 0 aromatic heterocycles. The van der Waals surface area contributed by atoms with Gasteiger partial charge < -0.3 is 5.32 Å². The summed E-state index contributed by atoms with van der Waals surface area (Å²) >= 11 is 12.5. The summed E-state index contributed by atoms with van der Waals surface area (Å²) in [6, 6.07) is 6.85. The Kier molecular flexibility index (Phi) is 5.11. The number of nitrogens with one attached hydrogen (secondary N) is 1. The second-order valence-corrected chi connectivity index (χ2v) is 7.29. The number of rotatable bonds is 3. The van der Waals surface area contributed by atoms with Gasteiger partial charge in [-0.15, -0.1) is 0 Å². The van der Waals surface area contributed by atoms with E-state index in [-0.39, 0.29) is 0 Å². The molecule has 0 amide bonds. The van der Waals surface area contributed by atoms with Crippen LogP contribution >= 0.6 is 23.2 Å². The zero-order valence-electron chi connectivity index (χ0n) is 12.6. The lowest BCUT2D eigenvalue weighted by Crippen LogP contribution is -2.44. The number of piperidine rings is 1. The minimum atomic E-state index is 0.334. The van der Waals surface area contributed by atoms with Gasteiger partial charge in [-0.3, -0.25) is 4.90 Å². The van der Waals surface area contributed by atoms with Crippen molar-refractivity contribution in [3.05, 3.63) is 33.8 Å². The Bertz CT molecular complexity index is 486. The monoisotopic (exact) mass is 326 g/mol. The minimum absolute atomic E-state index is 0.334. The Morgan fingerprint density at radius 3 is 2.86 bits per heavy atom. The van der Waals surface area contributed by atoms with E-state index in [0.29, 0.717) is 6.04 Å². The molecule has 2 aliphatic rings. The maximum absolute atomic E-state index is 6.38. The Morgan fingerprint density at radius 1 is 1.24 bits per heavy atom. The van der Waals surface area contributed by atoms with Crippen molar-refractivity contribution in [2.45, 2.75) is 44.7 Å². The molecule has 1 aromatic rings. The number of halogens is 2. The average Bonchev–Trinajstić information content (AvgIpc) is 3.03. The molecule has 1 aromatic carbocycles. The van der Waals surface area contributed by atoms with Gasteiger partial charge in [-0.2, -0.15) is 0 Å². The van der Waals surface area contributed by atoms with Crippen LogP contribution in [0.1, 0.15) is 44.2 Å². The van der Waals surface area contributed by atoms with Crippen molar-refractivity contribution in [1.82, 2.24) is 10.2 Å². The summed E-state index contributed by atoms with van der Waals surface area (Å²) in [7, 11) is 0. The second kappa shape index (κ2) is 6.87. The van der Waals surface area contributed by atoms with E-state index in [2.05, 4.69) is 17.1 Å². The molecule has 2 nitrogen and oxygen atoms in total. The third kappa shape index (κ3) is 3.56. The number of benzene rings is 1. The molecule has 2 saturated heterocycles. The molecule has 3 unspecified atom stereocenters. The van der Waals surface area contributed by atoms with Crippen molar-refractivity contribution in [2.24, 2.45) is 5.92 Å². The normalized spacial score (nSPS) is 28.7. The fraction of sp³-hybridized carbons (Fsp3) is 0.647. The molecule has 0 saturated carbocycles. The maximum Gasteiger partial charge on any atom is 0.0454 e. The van der Waals surface area contributed by atoms with E-state index in [9.17, 15) is 0 Å². The molecule has 0 aliphatic carbocycles. The van der Waals surface area contributed by atoms with Crippen LogP contribution in [0.3, 0.4) is 0 Å². The Balaban J connectivity index is 1.71. The first kappa shape index (κ1) is 15.6. The van der Waals surface area contributed by atoms with Crippen LogP contribution in [0.15, 0.2) is 18.2 Å². The van der Waals surface area contributed by atoms with Crippen LogP contribution in [-0.2, 0) is 0 Å². The molecule has 1 N–H and O–H groups in total. The molecule has 0 radical (unpaired) electrons. The number of likely N-dealkylation sites (tertiary alicyclic amines) is 1. The van der Waals surface area contributed by atoms with Gasteiger partial charge >= 0.3 is 0 Å². The van der Waals surface area contributed by atoms with Gasteiger partial charge in [0.2, 0.25) is 0 Å². The van der Waals surface area contributed by atoms with E-state index in [1.165, 1.54) is 38.8 Å². The lowest BCUT2D eigenvalue weighted by Gasteiger charge is -2.39. The molecule has 0 spiro atoms. The van der Waals surface area contributed by atoms with Crippen molar-refractivity contribution < 1.29 is 0 Å². The topological polar surface area (TPSA) is 15.3 Å². The highest BCUT2D eigenvalue weighted by molar-refractivity contribution is 6.33. The summed E-state index contributed by atoms with van der Waals surface area (Å²) in [5.41, 5.74) is 1.16. The van der Waals surface area contributed by atoms with Gasteiger partial charge in [0.25, 0.3) is 0 Å². The molecule has 116 valence electrons. The van der Waals surface area contributed by atoms with Crippen LogP contribution in [0.2, 0.25) is 10.0 Å². The molecule has 2 aliphatic heterocycles. The zero-order chi connectivity index (χ0) is 14.8. The van der Waals surface area contributed by atoms with Gasteiger partial charge in [0.05, 0.1) is 0 Å². The highest BCUT2D eigenvalue weighted by atomic mass is 35.5. The highest BCUT2D eigenvalue weighted by Crippen LogP contribution is 2.34. The van der Waals surface area contributed by atoms with E-state index >= 15 is 0 Å². The highest BCUT2D eigenvalue weighted by Gasteiger charge is 2.31. The van der Waals surface area contributed by atoms with Crippen LogP contribution in [0.25, 0.3) is 0 Å². The third-order valence-electron chi connectivity index (χ3n) is 5.11. The summed E-state index contributed by atoms with van der Waals surface area (Å²) in [6.07, 6.45) is 5.30. The first-order chi connectivity index (χ1) is 10.1. The first-order valence-electron chi connectivity index (χ1n) is 8.07. The predicted molar refractivity (Wildman–Crippen MR) is 90.2 cm³/mol. The van der Waals surface area contributed by atoms with E-state index in [4.69, 9.17) is 23.2 Å². The fourth-order valence-electron chi connectivity index (χ4n) is 3.87. The third-order valence-corrected chi connectivity index (χ3v) is 5.69. The van der Waals surface area contributed by atoms with Gasteiger partial charge in [-0.25, -0.2) is 0 Å². The number of hydrogen-bond donors (Lipinski definition) is 1. The van der Waals surface area contributed by atoms with E-state index < -0.39 is 0 Å². The minimum Gasteiger partial charge on any atom is -0.314 e. The summed E-state index contributed by atoms with van der Waals surface area (Å²) in [5.74, 6) is 0.779. The fourth-order valence-corrected chi connectivity index (χ4v) is 4.32. The largest absolute Gasteiger partial charge is 0.314 e. The molecule has 3 rings (SSSR count). The average molecular weight is 327 g/mol. The Labute approximate surface area is 137 Å². The molecule has 21 heavy (non-hydrogen) atoms. The van der Waals surface area contributed by atoms with Gasteiger partial charge in [0, 0.05) is 28.7 Å². The van der Waals surface area contributed by atoms with E-state index in [1.54, 1.807) is 0 Å². The van der Waals surface area contributed by atoms with Crippen molar-refractivity contribution in [3.63, 3.8) is 0 Å². The van der Waals surface area contributed by atoms with Crippen molar-refractivity contribution in [1.29, 1.82) is 0 Å². The molecule has 2 heterocycles. The molecular weight excluding hydrogens is 303 g/mol. The van der Waals surface area contributed by atoms with Gasteiger partial charge in [-0.1, -0.05) is 23.2 Å². The summed E-state index contributed by atoms with van der Waals surface area (Å²) in [6.45, 7) is 5.77.